The molecule has 0 bridgehead atoms. The molecule has 1 aliphatic rings. The summed E-state index contributed by atoms with van der Waals surface area (Å²) in [5, 5.41) is 2.65. The van der Waals surface area contributed by atoms with Crippen LogP contribution in [0, 0.1) is 0 Å². The summed E-state index contributed by atoms with van der Waals surface area (Å²) in [5.74, 6) is -1.02. The topological polar surface area (TPSA) is 72.5 Å². The van der Waals surface area contributed by atoms with Crippen molar-refractivity contribution in [3.63, 3.8) is 0 Å². The van der Waals surface area contributed by atoms with Gasteiger partial charge in [0, 0.05) is 20.9 Å². The number of fused-ring (bicyclic) bond motifs is 2. The van der Waals surface area contributed by atoms with Crippen LogP contribution in [0.15, 0.2) is 76.0 Å². The lowest BCUT2D eigenvalue weighted by molar-refractivity contribution is -0.139. The van der Waals surface area contributed by atoms with E-state index in [-0.39, 0.29) is 24.3 Å². The summed E-state index contributed by atoms with van der Waals surface area (Å²) in [6, 6.07) is 15.3. The Kier molecular flexibility index (Phi) is 6.11. The molecule has 1 heterocycles. The van der Waals surface area contributed by atoms with Crippen molar-refractivity contribution in [2.45, 2.75) is 16.7 Å². The second-order valence-electron chi connectivity index (χ2n) is 6.17. The molecule has 0 saturated heterocycles. The van der Waals surface area contributed by atoms with Crippen LogP contribution in [0.3, 0.4) is 0 Å². The minimum Gasteiger partial charge on any atom is -0.460 e. The van der Waals surface area contributed by atoms with E-state index in [9.17, 15) is 14.4 Å². The number of hydrogen-bond donors (Lipinski definition) is 1. The summed E-state index contributed by atoms with van der Waals surface area (Å²) in [6.45, 7) is 5.14. The Morgan fingerprint density at radius 2 is 1.64 bits per heavy atom. The number of ether oxygens (including phenoxy) is 1. The number of aldehydes is 1. The first-order valence-electron chi connectivity index (χ1n) is 8.70. The summed E-state index contributed by atoms with van der Waals surface area (Å²) < 4.78 is 4.96. The molecule has 1 N–H and O–H groups in total. The van der Waals surface area contributed by atoms with Crippen LogP contribution in [-0.4, -0.2) is 31.3 Å². The van der Waals surface area contributed by atoms with Crippen LogP contribution in [0.25, 0.3) is 5.57 Å². The molecule has 0 atom stereocenters. The van der Waals surface area contributed by atoms with Gasteiger partial charge in [0.1, 0.15) is 6.61 Å². The maximum absolute atomic E-state index is 12.7. The molecule has 1 aliphatic heterocycles. The van der Waals surface area contributed by atoms with Gasteiger partial charge in [-0.05, 0) is 30.2 Å². The standard InChI is InChI=1S/C22H19NO4S/c1-14(2)22(26)27-12-11-23-21(25)17(13-24)20-15-7-3-5-9-18(15)28-19-10-6-4-8-16(19)20/h3-10,13H,1,11-12H2,2H3,(H,23,25). The molecule has 5 nitrogen and oxygen atoms in total. The van der Waals surface area contributed by atoms with Gasteiger partial charge < -0.3 is 10.1 Å². The fourth-order valence-electron chi connectivity index (χ4n) is 2.83. The van der Waals surface area contributed by atoms with E-state index in [0.29, 0.717) is 11.9 Å². The smallest absolute Gasteiger partial charge is 0.333 e. The number of rotatable bonds is 6. The lowest BCUT2D eigenvalue weighted by Gasteiger charge is -2.23. The molecule has 0 spiro atoms. The highest BCUT2D eigenvalue weighted by Gasteiger charge is 2.26. The molecule has 1 amide bonds. The SMILES string of the molecule is C=C(C)C(=O)OCCNC(=O)C(C=O)=C1c2ccccc2Sc2ccccc21. The third-order valence-electron chi connectivity index (χ3n) is 4.13. The van der Waals surface area contributed by atoms with Crippen LogP contribution in [-0.2, 0) is 19.1 Å². The van der Waals surface area contributed by atoms with Gasteiger partial charge >= 0.3 is 5.97 Å². The van der Waals surface area contributed by atoms with E-state index < -0.39 is 11.9 Å². The average molecular weight is 393 g/mol. The van der Waals surface area contributed by atoms with Gasteiger partial charge in [-0.15, -0.1) is 0 Å². The molecule has 6 heteroatoms. The normalized spacial score (nSPS) is 11.7. The number of nitrogens with one attached hydrogen (secondary N) is 1. The van der Waals surface area contributed by atoms with Gasteiger partial charge in [0.15, 0.2) is 6.29 Å². The van der Waals surface area contributed by atoms with Crippen LogP contribution in [0.1, 0.15) is 18.1 Å². The van der Waals surface area contributed by atoms with Gasteiger partial charge in [-0.25, -0.2) is 4.79 Å². The molecule has 142 valence electrons. The lowest BCUT2D eigenvalue weighted by atomic mass is 9.92. The molecular weight excluding hydrogens is 374 g/mol. The first kappa shape index (κ1) is 19.6. The molecule has 28 heavy (non-hydrogen) atoms. The summed E-state index contributed by atoms with van der Waals surface area (Å²) in [6.07, 6.45) is 0.577. The Morgan fingerprint density at radius 1 is 1.07 bits per heavy atom. The number of hydrogen-bond acceptors (Lipinski definition) is 5. The first-order chi connectivity index (χ1) is 13.5. The minimum atomic E-state index is -0.518. The Balaban J connectivity index is 1.89. The summed E-state index contributed by atoms with van der Waals surface area (Å²) in [4.78, 5) is 37.9. The predicted octanol–water partition coefficient (Wildman–Crippen LogP) is 3.39. The number of carbonyl (C=O) groups excluding carboxylic acids is 3. The third kappa shape index (κ3) is 4.07. The number of esters is 1. The maximum atomic E-state index is 12.7. The van der Waals surface area contributed by atoms with E-state index in [1.54, 1.807) is 18.7 Å². The van der Waals surface area contributed by atoms with E-state index in [2.05, 4.69) is 11.9 Å². The highest BCUT2D eigenvalue weighted by atomic mass is 32.2. The number of amides is 1. The monoisotopic (exact) mass is 393 g/mol. The second-order valence-corrected chi connectivity index (χ2v) is 7.26. The Morgan fingerprint density at radius 3 is 2.18 bits per heavy atom. The number of carbonyl (C=O) groups is 3. The maximum Gasteiger partial charge on any atom is 0.333 e. The highest BCUT2D eigenvalue weighted by Crippen LogP contribution is 2.46. The lowest BCUT2D eigenvalue weighted by Crippen LogP contribution is -2.30. The van der Waals surface area contributed by atoms with Gasteiger partial charge in [0.2, 0.25) is 0 Å². The Hall–Kier alpha value is -3.12. The van der Waals surface area contributed by atoms with Gasteiger partial charge in [0.25, 0.3) is 5.91 Å². The van der Waals surface area contributed by atoms with Crippen molar-refractivity contribution in [2.75, 3.05) is 13.2 Å². The van der Waals surface area contributed by atoms with Crippen LogP contribution in [0.2, 0.25) is 0 Å². The molecule has 2 aromatic carbocycles. The Labute approximate surface area is 167 Å². The summed E-state index contributed by atoms with van der Waals surface area (Å²) in [7, 11) is 0. The van der Waals surface area contributed by atoms with Crippen LogP contribution >= 0.6 is 11.8 Å². The molecule has 2 aromatic rings. The zero-order valence-electron chi connectivity index (χ0n) is 15.4. The zero-order valence-corrected chi connectivity index (χ0v) is 16.2. The van der Waals surface area contributed by atoms with Crippen molar-refractivity contribution in [1.82, 2.24) is 5.32 Å². The van der Waals surface area contributed by atoms with Gasteiger partial charge in [-0.3, -0.25) is 9.59 Å². The Bertz CT molecular complexity index is 946. The van der Waals surface area contributed by atoms with Crippen LogP contribution < -0.4 is 5.32 Å². The van der Waals surface area contributed by atoms with E-state index >= 15 is 0 Å². The van der Waals surface area contributed by atoms with Crippen molar-refractivity contribution in [3.8, 4) is 0 Å². The molecule has 0 radical (unpaired) electrons. The summed E-state index contributed by atoms with van der Waals surface area (Å²) >= 11 is 1.61. The van der Waals surface area contributed by atoms with E-state index in [1.165, 1.54) is 0 Å². The minimum absolute atomic E-state index is 0.00191. The van der Waals surface area contributed by atoms with Gasteiger partial charge in [-0.1, -0.05) is 54.7 Å². The molecule has 0 aliphatic carbocycles. The molecule has 0 unspecified atom stereocenters. The van der Waals surface area contributed by atoms with Crippen LogP contribution in [0.5, 0.6) is 0 Å². The third-order valence-corrected chi connectivity index (χ3v) is 5.29. The summed E-state index contributed by atoms with van der Waals surface area (Å²) in [5.41, 5.74) is 2.63. The fourth-order valence-corrected chi connectivity index (χ4v) is 3.92. The average Bonchev–Trinajstić information content (AvgIpc) is 2.70. The molecule has 0 saturated carbocycles. The second kappa shape index (κ2) is 8.71. The van der Waals surface area contributed by atoms with Crippen LogP contribution in [0.4, 0.5) is 0 Å². The zero-order chi connectivity index (χ0) is 20.1. The van der Waals surface area contributed by atoms with Crippen molar-refractivity contribution >= 4 is 35.5 Å². The molecular formula is C22H19NO4S. The van der Waals surface area contributed by atoms with E-state index in [4.69, 9.17) is 4.74 Å². The molecule has 0 aromatic heterocycles. The van der Waals surface area contributed by atoms with Gasteiger partial charge in [0.05, 0.1) is 12.1 Å². The van der Waals surface area contributed by atoms with Gasteiger partial charge in [-0.2, -0.15) is 0 Å². The quantitative estimate of drug-likeness (QED) is 0.174. The van der Waals surface area contributed by atoms with Crippen molar-refractivity contribution in [2.24, 2.45) is 0 Å². The van der Waals surface area contributed by atoms with Crippen molar-refractivity contribution in [1.29, 1.82) is 0 Å². The number of benzene rings is 2. The van der Waals surface area contributed by atoms with E-state index in [1.807, 2.05) is 48.5 Å². The molecule has 0 fully saturated rings. The fraction of sp³-hybridized carbons (Fsp3) is 0.136. The predicted molar refractivity (Wildman–Crippen MR) is 108 cm³/mol. The largest absolute Gasteiger partial charge is 0.460 e. The van der Waals surface area contributed by atoms with Crippen molar-refractivity contribution in [3.05, 3.63) is 77.4 Å². The first-order valence-corrected chi connectivity index (χ1v) is 9.51. The van der Waals surface area contributed by atoms with Crippen molar-refractivity contribution < 1.29 is 19.1 Å². The molecule has 3 rings (SSSR count). The highest BCUT2D eigenvalue weighted by molar-refractivity contribution is 7.99. The van der Waals surface area contributed by atoms with E-state index in [0.717, 1.165) is 20.9 Å².